The van der Waals surface area contributed by atoms with Gasteiger partial charge in [0.05, 0.1) is 24.4 Å². The lowest BCUT2D eigenvalue weighted by Gasteiger charge is -2.56. The Hall–Kier alpha value is -0.200. The molecule has 0 aromatic carbocycles. The van der Waals surface area contributed by atoms with Crippen molar-refractivity contribution in [2.45, 2.75) is 69.0 Å². The number of hydrogen-bond donors (Lipinski definition) is 0. The van der Waals surface area contributed by atoms with Crippen molar-refractivity contribution in [1.29, 1.82) is 0 Å². The Kier molecular flexibility index (Phi) is 4.58. The number of fused-ring (bicyclic) bond motifs is 5. The van der Waals surface area contributed by atoms with E-state index < -0.39 is 0 Å². The van der Waals surface area contributed by atoms with E-state index in [0.29, 0.717) is 19.0 Å². The molecule has 5 heteroatoms. The molecule has 0 spiro atoms. The van der Waals surface area contributed by atoms with Crippen LogP contribution < -0.4 is 0 Å². The number of hydrogen-bond acceptors (Lipinski definition) is 5. The van der Waals surface area contributed by atoms with Crippen LogP contribution >= 0.6 is 0 Å². The van der Waals surface area contributed by atoms with E-state index in [1.807, 2.05) is 14.2 Å². The Morgan fingerprint density at radius 2 is 1.52 bits per heavy atom. The maximum Gasteiger partial charge on any atom is 0.147 e. The van der Waals surface area contributed by atoms with Crippen LogP contribution in [0, 0.1) is 23.7 Å². The van der Waals surface area contributed by atoms with Gasteiger partial charge in [0.25, 0.3) is 0 Å². The van der Waals surface area contributed by atoms with Crippen LogP contribution in [0.3, 0.4) is 0 Å². The molecule has 3 heterocycles. The summed E-state index contributed by atoms with van der Waals surface area (Å²) in [4.78, 5) is 2.82. The van der Waals surface area contributed by atoms with Gasteiger partial charge in [0.1, 0.15) is 6.79 Å². The van der Waals surface area contributed by atoms with Crippen molar-refractivity contribution in [3.8, 4) is 0 Å². The topological polar surface area (TPSA) is 40.2 Å². The smallest absolute Gasteiger partial charge is 0.147 e. The van der Waals surface area contributed by atoms with Crippen molar-refractivity contribution in [2.75, 3.05) is 34.1 Å². The summed E-state index contributed by atoms with van der Waals surface area (Å²) in [5, 5.41) is 0. The van der Waals surface area contributed by atoms with Crippen molar-refractivity contribution in [3.63, 3.8) is 0 Å². The molecular formula is C20H33NO4. The van der Waals surface area contributed by atoms with Gasteiger partial charge in [-0.15, -0.1) is 0 Å². The van der Waals surface area contributed by atoms with E-state index in [0.717, 1.165) is 29.7 Å². The first-order chi connectivity index (χ1) is 12.3. The molecule has 3 aliphatic heterocycles. The Morgan fingerprint density at radius 3 is 2.28 bits per heavy atom. The summed E-state index contributed by atoms with van der Waals surface area (Å²) >= 11 is 0. The summed E-state index contributed by atoms with van der Waals surface area (Å²) in [6.45, 7) is 3.06. The van der Waals surface area contributed by atoms with Gasteiger partial charge >= 0.3 is 0 Å². The van der Waals surface area contributed by atoms with Crippen molar-refractivity contribution in [1.82, 2.24) is 4.90 Å². The number of piperidine rings is 2. The lowest BCUT2D eigenvalue weighted by molar-refractivity contribution is -0.127. The largest absolute Gasteiger partial charge is 0.379 e. The van der Waals surface area contributed by atoms with E-state index in [9.17, 15) is 0 Å². The first-order valence-corrected chi connectivity index (χ1v) is 10.3. The highest BCUT2D eigenvalue weighted by Gasteiger charge is 2.51. The van der Waals surface area contributed by atoms with Crippen molar-refractivity contribution >= 4 is 0 Å². The van der Waals surface area contributed by atoms with Gasteiger partial charge in [-0.05, 0) is 68.7 Å². The third-order valence-corrected chi connectivity index (χ3v) is 8.14. The van der Waals surface area contributed by atoms with Crippen LogP contribution in [0.1, 0.15) is 38.5 Å². The molecule has 9 unspecified atom stereocenters. The standard InChI is InChI=1S/C20H33NO4/c1-22-17-7-13-5-16-15-9-20-19(24-11-25-20)6-12(15)3-4-21(16)10-14(13)8-18(17)23-2/h12-20H,3-11H2,1-2H3. The second-order valence-corrected chi connectivity index (χ2v) is 9.05. The highest BCUT2D eigenvalue weighted by Crippen LogP contribution is 2.49. The fraction of sp³-hybridized carbons (Fsp3) is 1.00. The second kappa shape index (κ2) is 6.75. The number of rotatable bonds is 2. The number of ether oxygens (including phenoxy) is 4. The minimum atomic E-state index is 0.277. The Morgan fingerprint density at radius 1 is 0.800 bits per heavy atom. The average Bonchev–Trinajstić information content (AvgIpc) is 3.11. The predicted octanol–water partition coefficient (Wildman–Crippen LogP) is 2.29. The summed E-state index contributed by atoms with van der Waals surface area (Å²) in [5.41, 5.74) is 0. The van der Waals surface area contributed by atoms with Crippen LogP contribution in [0.4, 0.5) is 0 Å². The molecule has 5 nitrogen and oxygen atoms in total. The molecule has 9 atom stereocenters. The van der Waals surface area contributed by atoms with E-state index in [-0.39, 0.29) is 12.2 Å². The molecule has 5 aliphatic rings. The van der Waals surface area contributed by atoms with E-state index in [4.69, 9.17) is 18.9 Å². The average molecular weight is 351 g/mol. The van der Waals surface area contributed by atoms with Gasteiger partial charge in [0.2, 0.25) is 0 Å². The maximum absolute atomic E-state index is 5.88. The molecule has 5 rings (SSSR count). The van der Waals surface area contributed by atoms with Crippen LogP contribution in [-0.4, -0.2) is 69.5 Å². The maximum atomic E-state index is 5.88. The lowest BCUT2D eigenvalue weighted by Crippen LogP contribution is -2.60. The van der Waals surface area contributed by atoms with E-state index in [1.165, 1.54) is 51.6 Å². The minimum Gasteiger partial charge on any atom is -0.379 e. The summed E-state index contributed by atoms with van der Waals surface area (Å²) in [7, 11) is 3.69. The number of nitrogens with zero attached hydrogens (tertiary/aromatic N) is 1. The van der Waals surface area contributed by atoms with Crippen LogP contribution in [0.25, 0.3) is 0 Å². The Bertz CT molecular complexity index is 488. The van der Waals surface area contributed by atoms with Crippen molar-refractivity contribution < 1.29 is 18.9 Å². The van der Waals surface area contributed by atoms with E-state index in [2.05, 4.69) is 4.90 Å². The molecule has 142 valence electrons. The van der Waals surface area contributed by atoms with Gasteiger partial charge in [0, 0.05) is 26.8 Å². The summed E-state index contributed by atoms with van der Waals surface area (Å²) in [5.74, 6) is 3.23. The Labute approximate surface area is 151 Å². The molecule has 3 saturated heterocycles. The Balaban J connectivity index is 1.31. The van der Waals surface area contributed by atoms with Crippen LogP contribution in [0.5, 0.6) is 0 Å². The fourth-order valence-electron chi connectivity index (χ4n) is 6.83. The van der Waals surface area contributed by atoms with Gasteiger partial charge in [0.15, 0.2) is 0 Å². The van der Waals surface area contributed by atoms with Gasteiger partial charge in [-0.1, -0.05) is 0 Å². The van der Waals surface area contributed by atoms with Gasteiger partial charge in [-0.2, -0.15) is 0 Å². The zero-order valence-electron chi connectivity index (χ0n) is 15.6. The quantitative estimate of drug-likeness (QED) is 0.763. The number of methoxy groups -OCH3 is 2. The van der Waals surface area contributed by atoms with Crippen molar-refractivity contribution in [3.05, 3.63) is 0 Å². The SMILES string of the molecule is COC1CC2CC3C4CC5OCOC5CC4CCN3CC2CC1OC. The molecule has 0 amide bonds. The third kappa shape index (κ3) is 2.87. The molecule has 2 saturated carbocycles. The fourth-order valence-corrected chi connectivity index (χ4v) is 6.83. The first-order valence-electron chi connectivity index (χ1n) is 10.3. The van der Waals surface area contributed by atoms with Crippen LogP contribution in [-0.2, 0) is 18.9 Å². The highest BCUT2D eigenvalue weighted by atomic mass is 16.7. The summed E-state index contributed by atoms with van der Waals surface area (Å²) in [6.07, 6.45) is 8.75. The summed E-state index contributed by atoms with van der Waals surface area (Å²) < 4.78 is 23.2. The van der Waals surface area contributed by atoms with Crippen molar-refractivity contribution in [2.24, 2.45) is 23.7 Å². The molecule has 2 aliphatic carbocycles. The van der Waals surface area contributed by atoms with E-state index >= 15 is 0 Å². The lowest BCUT2D eigenvalue weighted by atomic mass is 9.62. The van der Waals surface area contributed by atoms with Crippen LogP contribution in [0.15, 0.2) is 0 Å². The van der Waals surface area contributed by atoms with Gasteiger partial charge in [-0.25, -0.2) is 0 Å². The van der Waals surface area contributed by atoms with Gasteiger partial charge < -0.3 is 18.9 Å². The molecule has 0 aromatic heterocycles. The van der Waals surface area contributed by atoms with Crippen LogP contribution in [0.2, 0.25) is 0 Å². The molecule has 5 fully saturated rings. The molecule has 0 aromatic rings. The minimum absolute atomic E-state index is 0.277. The normalized spacial score (nSPS) is 52.8. The van der Waals surface area contributed by atoms with Gasteiger partial charge in [-0.3, -0.25) is 4.90 Å². The third-order valence-electron chi connectivity index (χ3n) is 8.14. The molecule has 25 heavy (non-hydrogen) atoms. The second-order valence-electron chi connectivity index (χ2n) is 9.05. The van der Waals surface area contributed by atoms with E-state index in [1.54, 1.807) is 0 Å². The zero-order valence-corrected chi connectivity index (χ0v) is 15.6. The molecule has 0 N–H and O–H groups in total. The predicted molar refractivity (Wildman–Crippen MR) is 93.2 cm³/mol. The molecular weight excluding hydrogens is 318 g/mol. The highest BCUT2D eigenvalue weighted by molar-refractivity contribution is 5.03. The monoisotopic (exact) mass is 351 g/mol. The first kappa shape index (κ1) is 16.9. The zero-order chi connectivity index (χ0) is 17.0. The molecule has 0 bridgehead atoms. The molecule has 0 radical (unpaired) electrons. The summed E-state index contributed by atoms with van der Waals surface area (Å²) in [6, 6.07) is 0.752.